The van der Waals surface area contributed by atoms with Crippen molar-refractivity contribution in [2.45, 2.75) is 38.2 Å². The molecule has 24 heavy (non-hydrogen) atoms. The average molecular weight is 347 g/mol. The Balaban J connectivity index is 1.71. The minimum absolute atomic E-state index is 0.195. The van der Waals surface area contributed by atoms with Gasteiger partial charge in [0.15, 0.2) is 0 Å². The van der Waals surface area contributed by atoms with Crippen LogP contribution in [0.1, 0.15) is 23.5 Å². The molecule has 1 saturated heterocycles. The van der Waals surface area contributed by atoms with Crippen LogP contribution in [0.4, 0.5) is 0 Å². The largest absolute Gasteiger partial charge is 0.473 e. The molecule has 0 unspecified atom stereocenters. The van der Waals surface area contributed by atoms with Crippen LogP contribution in [-0.2, 0) is 10.0 Å². The summed E-state index contributed by atoms with van der Waals surface area (Å²) in [6.45, 7) is 6.40. The maximum atomic E-state index is 12.7. The predicted molar refractivity (Wildman–Crippen MR) is 90.5 cm³/mol. The number of hydrogen-bond acceptors (Lipinski definition) is 5. The molecule has 0 spiro atoms. The first kappa shape index (κ1) is 16.9. The molecule has 0 aliphatic carbocycles. The van der Waals surface area contributed by atoms with E-state index in [2.05, 4.69) is 9.97 Å². The van der Waals surface area contributed by atoms with Gasteiger partial charge in [0.05, 0.1) is 11.4 Å². The maximum absolute atomic E-state index is 12.7. The lowest BCUT2D eigenvalue weighted by molar-refractivity contribution is 0.206. The second-order valence-electron chi connectivity index (χ2n) is 6.10. The van der Waals surface area contributed by atoms with Crippen LogP contribution in [0, 0.1) is 20.8 Å². The summed E-state index contributed by atoms with van der Waals surface area (Å²) in [6, 6.07) is 8.68. The van der Waals surface area contributed by atoms with Crippen LogP contribution in [0.2, 0.25) is 0 Å². The van der Waals surface area contributed by atoms with E-state index in [1.54, 1.807) is 18.2 Å². The van der Waals surface area contributed by atoms with Crippen LogP contribution in [0.25, 0.3) is 0 Å². The zero-order chi connectivity index (χ0) is 17.3. The fraction of sp³-hybridized carbons (Fsp3) is 0.412. The molecule has 2 aromatic rings. The maximum Gasteiger partial charge on any atom is 0.243 e. The van der Waals surface area contributed by atoms with Gasteiger partial charge >= 0.3 is 0 Å². The summed E-state index contributed by atoms with van der Waals surface area (Å²) in [5.74, 6) is 1.15. The first-order chi connectivity index (χ1) is 11.3. The molecule has 1 aromatic carbocycles. The van der Waals surface area contributed by atoms with E-state index in [9.17, 15) is 8.42 Å². The van der Waals surface area contributed by atoms with Crippen molar-refractivity contribution in [3.63, 3.8) is 0 Å². The lowest BCUT2D eigenvalue weighted by atomic mass is 10.2. The topological polar surface area (TPSA) is 72.4 Å². The molecule has 0 amide bonds. The second-order valence-corrected chi connectivity index (χ2v) is 8.04. The molecule has 0 bridgehead atoms. The number of aryl methyl sites for hydroxylation is 3. The van der Waals surface area contributed by atoms with E-state index in [1.807, 2.05) is 32.9 Å². The second kappa shape index (κ2) is 6.49. The van der Waals surface area contributed by atoms with E-state index in [4.69, 9.17) is 4.74 Å². The Morgan fingerprint density at radius 2 is 1.83 bits per heavy atom. The molecule has 6 nitrogen and oxygen atoms in total. The van der Waals surface area contributed by atoms with E-state index < -0.39 is 10.0 Å². The highest BCUT2D eigenvalue weighted by Crippen LogP contribution is 2.24. The zero-order valence-corrected chi connectivity index (χ0v) is 14.9. The Bertz CT molecular complexity index is 814. The monoisotopic (exact) mass is 347 g/mol. The van der Waals surface area contributed by atoms with Gasteiger partial charge in [-0.25, -0.2) is 13.4 Å². The summed E-state index contributed by atoms with van der Waals surface area (Å²) in [7, 11) is -3.48. The summed E-state index contributed by atoms with van der Waals surface area (Å²) >= 11 is 0. The number of aromatic nitrogens is 2. The third-order valence-corrected chi connectivity index (χ3v) is 5.88. The van der Waals surface area contributed by atoms with Crippen molar-refractivity contribution < 1.29 is 13.2 Å². The zero-order valence-electron chi connectivity index (χ0n) is 14.1. The smallest absolute Gasteiger partial charge is 0.243 e. The van der Waals surface area contributed by atoms with Gasteiger partial charge in [0.2, 0.25) is 15.9 Å². The molecule has 0 N–H and O–H groups in total. The third kappa shape index (κ3) is 3.57. The lowest BCUT2D eigenvalue weighted by Crippen LogP contribution is -2.31. The van der Waals surface area contributed by atoms with Crippen molar-refractivity contribution in [2.24, 2.45) is 0 Å². The number of ether oxygens (including phenoxy) is 1. The van der Waals surface area contributed by atoms with Crippen molar-refractivity contribution >= 4 is 10.0 Å². The summed E-state index contributed by atoms with van der Waals surface area (Å²) in [5, 5.41) is 0. The van der Waals surface area contributed by atoms with Crippen LogP contribution in [-0.4, -0.2) is 41.9 Å². The first-order valence-corrected chi connectivity index (χ1v) is 9.34. The van der Waals surface area contributed by atoms with Gasteiger partial charge in [0.1, 0.15) is 11.9 Å². The van der Waals surface area contributed by atoms with Gasteiger partial charge in [-0.1, -0.05) is 17.7 Å². The quantitative estimate of drug-likeness (QED) is 0.848. The number of rotatable bonds is 4. The predicted octanol–water partition coefficient (Wildman–Crippen LogP) is 2.24. The Morgan fingerprint density at radius 3 is 2.50 bits per heavy atom. The van der Waals surface area contributed by atoms with Crippen molar-refractivity contribution in [1.82, 2.24) is 14.3 Å². The van der Waals surface area contributed by atoms with Gasteiger partial charge in [-0.05, 0) is 39.3 Å². The standard InChI is InChI=1S/C17H21N3O3S/c1-12-4-6-16(7-5-12)24(21,22)20-9-8-15(11-20)23-17-10-13(2)18-14(3)19-17/h4-7,10,15H,8-9,11H2,1-3H3/t15-/m1/s1. The van der Waals surface area contributed by atoms with Gasteiger partial charge in [-0.2, -0.15) is 9.29 Å². The molecule has 128 valence electrons. The van der Waals surface area contributed by atoms with Gasteiger partial charge in [-0.3, -0.25) is 0 Å². The highest BCUT2D eigenvalue weighted by Gasteiger charge is 2.33. The number of benzene rings is 1. The summed E-state index contributed by atoms with van der Waals surface area (Å²) in [5.41, 5.74) is 1.87. The number of hydrogen-bond donors (Lipinski definition) is 0. The van der Waals surface area contributed by atoms with E-state index in [0.29, 0.717) is 36.1 Å². The van der Waals surface area contributed by atoms with Gasteiger partial charge < -0.3 is 4.74 Å². The SMILES string of the molecule is Cc1ccc(S(=O)(=O)N2CC[C@@H](Oc3cc(C)nc(C)n3)C2)cc1. The number of sulfonamides is 1. The third-order valence-electron chi connectivity index (χ3n) is 4.00. The number of nitrogens with zero attached hydrogens (tertiary/aromatic N) is 3. The van der Waals surface area contributed by atoms with Crippen LogP contribution in [0.5, 0.6) is 5.88 Å². The van der Waals surface area contributed by atoms with Gasteiger partial charge in [-0.15, -0.1) is 0 Å². The van der Waals surface area contributed by atoms with Crippen molar-refractivity contribution in [2.75, 3.05) is 13.1 Å². The van der Waals surface area contributed by atoms with Crippen LogP contribution in [0.3, 0.4) is 0 Å². The Morgan fingerprint density at radius 1 is 1.12 bits per heavy atom. The fourth-order valence-electron chi connectivity index (χ4n) is 2.79. The van der Waals surface area contributed by atoms with Crippen LogP contribution in [0.15, 0.2) is 35.2 Å². The molecule has 1 aliphatic rings. The average Bonchev–Trinajstić information content (AvgIpc) is 2.96. The van der Waals surface area contributed by atoms with E-state index in [-0.39, 0.29) is 6.10 Å². The Hall–Kier alpha value is -1.99. The van der Waals surface area contributed by atoms with Gasteiger partial charge in [0, 0.05) is 18.3 Å². The van der Waals surface area contributed by atoms with E-state index >= 15 is 0 Å². The summed E-state index contributed by atoms with van der Waals surface area (Å²) in [4.78, 5) is 8.79. The molecule has 1 fully saturated rings. The molecular weight excluding hydrogens is 326 g/mol. The van der Waals surface area contributed by atoms with E-state index in [0.717, 1.165) is 11.3 Å². The Labute approximate surface area is 142 Å². The van der Waals surface area contributed by atoms with Crippen molar-refractivity contribution in [3.8, 4) is 5.88 Å². The van der Waals surface area contributed by atoms with Crippen LogP contribution >= 0.6 is 0 Å². The molecule has 2 heterocycles. The lowest BCUT2D eigenvalue weighted by Gasteiger charge is -2.17. The van der Waals surface area contributed by atoms with E-state index in [1.165, 1.54) is 4.31 Å². The summed E-state index contributed by atoms with van der Waals surface area (Å²) in [6.07, 6.45) is 0.451. The van der Waals surface area contributed by atoms with Crippen molar-refractivity contribution in [3.05, 3.63) is 47.4 Å². The molecule has 1 aliphatic heterocycles. The molecule has 1 atom stereocenters. The minimum Gasteiger partial charge on any atom is -0.473 e. The van der Waals surface area contributed by atoms with Crippen molar-refractivity contribution in [1.29, 1.82) is 0 Å². The molecule has 7 heteroatoms. The highest BCUT2D eigenvalue weighted by molar-refractivity contribution is 7.89. The molecule has 3 rings (SSSR count). The first-order valence-electron chi connectivity index (χ1n) is 7.90. The summed E-state index contributed by atoms with van der Waals surface area (Å²) < 4.78 is 32.7. The molecule has 1 aromatic heterocycles. The molecule has 0 saturated carbocycles. The molecular formula is C17H21N3O3S. The minimum atomic E-state index is -3.48. The Kier molecular flexibility index (Phi) is 4.56. The highest BCUT2D eigenvalue weighted by atomic mass is 32.2. The normalized spacial score (nSPS) is 18.7. The fourth-order valence-corrected chi connectivity index (χ4v) is 4.27. The van der Waals surface area contributed by atoms with Crippen LogP contribution < -0.4 is 4.74 Å². The molecule has 0 radical (unpaired) electrons. The van der Waals surface area contributed by atoms with Gasteiger partial charge in [0.25, 0.3) is 0 Å².